The van der Waals surface area contributed by atoms with Gasteiger partial charge in [-0.05, 0) is 53.3 Å². The van der Waals surface area contributed by atoms with Crippen LogP contribution in [-0.2, 0) is 12.8 Å². The molecule has 4 aromatic rings. The Balaban J connectivity index is 1.40. The fourth-order valence-electron chi connectivity index (χ4n) is 4.24. The van der Waals surface area contributed by atoms with Crippen LogP contribution in [0.4, 0.5) is 5.95 Å². The van der Waals surface area contributed by atoms with Crippen LogP contribution in [0.3, 0.4) is 0 Å². The van der Waals surface area contributed by atoms with Crippen molar-refractivity contribution in [2.75, 3.05) is 11.9 Å². The Morgan fingerprint density at radius 1 is 0.935 bits per heavy atom. The molecule has 2 N–H and O–H groups in total. The fourth-order valence-corrected chi connectivity index (χ4v) is 4.50. The van der Waals surface area contributed by atoms with E-state index >= 15 is 0 Å². The highest BCUT2D eigenvalue weighted by Crippen LogP contribution is 2.43. The molecule has 31 heavy (non-hydrogen) atoms. The number of phenols is 1. The number of nitrogens with one attached hydrogen (secondary N) is 1. The molecule has 0 bridgehead atoms. The largest absolute Gasteiger partial charge is 0.508 e. The molecule has 5 rings (SSSR count). The van der Waals surface area contributed by atoms with Crippen LogP contribution >= 0.6 is 11.6 Å². The molecule has 1 heterocycles. The maximum atomic E-state index is 9.42. The van der Waals surface area contributed by atoms with E-state index in [-0.39, 0.29) is 11.7 Å². The van der Waals surface area contributed by atoms with Crippen LogP contribution in [-0.4, -0.2) is 21.6 Å². The summed E-state index contributed by atoms with van der Waals surface area (Å²) in [7, 11) is 0. The minimum absolute atomic E-state index is 0.189. The van der Waals surface area contributed by atoms with Crippen molar-refractivity contribution in [2.24, 2.45) is 0 Å². The van der Waals surface area contributed by atoms with E-state index in [1.54, 1.807) is 12.1 Å². The molecule has 5 heteroatoms. The molecule has 1 aliphatic carbocycles. The molecule has 1 unspecified atom stereocenters. The van der Waals surface area contributed by atoms with Gasteiger partial charge in [0.2, 0.25) is 5.95 Å². The summed E-state index contributed by atoms with van der Waals surface area (Å²) in [6.45, 7) is 0.716. The van der Waals surface area contributed by atoms with Gasteiger partial charge in [-0.1, -0.05) is 66.2 Å². The van der Waals surface area contributed by atoms with Crippen molar-refractivity contribution >= 4 is 17.5 Å². The van der Waals surface area contributed by atoms with Crippen LogP contribution in [0.5, 0.6) is 5.75 Å². The number of halogens is 1. The first-order valence-corrected chi connectivity index (χ1v) is 10.8. The summed E-state index contributed by atoms with van der Waals surface area (Å²) in [4.78, 5) is 9.42. The van der Waals surface area contributed by atoms with E-state index in [0.717, 1.165) is 45.8 Å². The average molecular weight is 428 g/mol. The summed E-state index contributed by atoms with van der Waals surface area (Å²) in [6.07, 6.45) is 3.58. The molecule has 0 spiro atoms. The number of nitrogens with zero attached hydrogens (tertiary/aromatic N) is 2. The monoisotopic (exact) mass is 427 g/mol. The van der Waals surface area contributed by atoms with E-state index in [9.17, 15) is 5.11 Å². The second-order valence-corrected chi connectivity index (χ2v) is 8.18. The molecule has 1 aromatic heterocycles. The van der Waals surface area contributed by atoms with Crippen molar-refractivity contribution in [3.8, 4) is 17.0 Å². The van der Waals surface area contributed by atoms with Crippen molar-refractivity contribution < 1.29 is 5.11 Å². The van der Waals surface area contributed by atoms with Gasteiger partial charge in [-0.2, -0.15) is 0 Å². The van der Waals surface area contributed by atoms with Crippen LogP contribution in [0.1, 0.15) is 28.2 Å². The molecular formula is C26H22ClN3O. The fraction of sp³-hybridized carbons (Fsp3) is 0.154. The van der Waals surface area contributed by atoms with Crippen molar-refractivity contribution in [1.29, 1.82) is 0 Å². The zero-order valence-electron chi connectivity index (χ0n) is 16.9. The first-order chi connectivity index (χ1) is 15.2. The summed E-state index contributed by atoms with van der Waals surface area (Å²) in [5.41, 5.74) is 6.79. The average Bonchev–Trinajstić information content (AvgIpc) is 2.80. The Kier molecular flexibility index (Phi) is 5.31. The Bertz CT molecular complexity index is 1220. The number of anilines is 1. The quantitative estimate of drug-likeness (QED) is 0.419. The van der Waals surface area contributed by atoms with Crippen molar-refractivity contribution in [2.45, 2.75) is 18.8 Å². The molecule has 0 aliphatic heterocycles. The van der Waals surface area contributed by atoms with Gasteiger partial charge >= 0.3 is 0 Å². The van der Waals surface area contributed by atoms with E-state index in [4.69, 9.17) is 16.6 Å². The Morgan fingerprint density at radius 2 is 1.68 bits per heavy atom. The number of aromatic hydroxyl groups is 1. The predicted molar refractivity (Wildman–Crippen MR) is 125 cm³/mol. The molecule has 1 aliphatic rings. The van der Waals surface area contributed by atoms with Crippen molar-refractivity contribution in [3.05, 3.63) is 106 Å². The molecule has 4 nitrogen and oxygen atoms in total. The molecule has 0 saturated heterocycles. The highest BCUT2D eigenvalue weighted by molar-refractivity contribution is 6.31. The van der Waals surface area contributed by atoms with Crippen LogP contribution in [0.2, 0.25) is 5.02 Å². The van der Waals surface area contributed by atoms with E-state index < -0.39 is 0 Å². The maximum Gasteiger partial charge on any atom is 0.223 e. The van der Waals surface area contributed by atoms with Gasteiger partial charge < -0.3 is 10.4 Å². The van der Waals surface area contributed by atoms with Crippen molar-refractivity contribution in [1.82, 2.24) is 9.97 Å². The number of fused-ring (bicyclic) bond motifs is 3. The maximum absolute atomic E-state index is 9.42. The summed E-state index contributed by atoms with van der Waals surface area (Å²) < 4.78 is 0. The smallest absolute Gasteiger partial charge is 0.223 e. The minimum Gasteiger partial charge on any atom is -0.508 e. The second-order valence-electron chi connectivity index (χ2n) is 7.78. The number of benzene rings is 3. The minimum atomic E-state index is 0.189. The summed E-state index contributed by atoms with van der Waals surface area (Å²) in [6, 6.07) is 23.8. The highest BCUT2D eigenvalue weighted by atomic mass is 35.5. The SMILES string of the molecule is Oc1ccc(CCNc2ncc3c(n2)-c2ccccc2C(c2ccccc2Cl)C3)cc1. The third-order valence-corrected chi connectivity index (χ3v) is 6.14. The van der Waals surface area contributed by atoms with E-state index in [1.807, 2.05) is 36.5 Å². The first-order valence-electron chi connectivity index (χ1n) is 10.4. The van der Waals surface area contributed by atoms with Crippen LogP contribution in [0.15, 0.2) is 79.0 Å². The van der Waals surface area contributed by atoms with E-state index in [0.29, 0.717) is 12.5 Å². The third-order valence-electron chi connectivity index (χ3n) is 5.79. The molecule has 0 radical (unpaired) electrons. The normalized spacial score (nSPS) is 14.5. The zero-order valence-corrected chi connectivity index (χ0v) is 17.7. The molecule has 0 amide bonds. The molecule has 1 atom stereocenters. The predicted octanol–water partition coefficient (Wildman–Crippen LogP) is 5.85. The lowest BCUT2D eigenvalue weighted by Crippen LogP contribution is -2.16. The van der Waals surface area contributed by atoms with Crippen LogP contribution < -0.4 is 5.32 Å². The van der Waals surface area contributed by atoms with Gasteiger partial charge in [0.25, 0.3) is 0 Å². The first kappa shape index (κ1) is 19.6. The van der Waals surface area contributed by atoms with Gasteiger partial charge in [0.15, 0.2) is 0 Å². The van der Waals surface area contributed by atoms with E-state index in [1.165, 1.54) is 5.56 Å². The number of hydrogen-bond donors (Lipinski definition) is 2. The Morgan fingerprint density at radius 3 is 2.48 bits per heavy atom. The second kappa shape index (κ2) is 8.40. The number of rotatable bonds is 5. The number of aromatic nitrogens is 2. The molecule has 0 saturated carbocycles. The highest BCUT2D eigenvalue weighted by Gasteiger charge is 2.28. The lowest BCUT2D eigenvalue weighted by molar-refractivity contribution is 0.475. The van der Waals surface area contributed by atoms with Gasteiger partial charge in [0.05, 0.1) is 5.69 Å². The molecular weight excluding hydrogens is 406 g/mol. The van der Waals surface area contributed by atoms with Crippen molar-refractivity contribution in [3.63, 3.8) is 0 Å². The summed E-state index contributed by atoms with van der Waals surface area (Å²) >= 11 is 6.54. The van der Waals surface area contributed by atoms with Gasteiger partial charge in [-0.25, -0.2) is 9.97 Å². The van der Waals surface area contributed by atoms with E-state index in [2.05, 4.69) is 40.6 Å². The Labute approximate surface area is 186 Å². The molecule has 154 valence electrons. The number of hydrogen-bond acceptors (Lipinski definition) is 4. The lowest BCUT2D eigenvalue weighted by atomic mass is 9.78. The Hall–Kier alpha value is -3.37. The van der Waals surface area contributed by atoms with Gasteiger partial charge in [-0.15, -0.1) is 0 Å². The third kappa shape index (κ3) is 3.99. The van der Waals surface area contributed by atoms with Crippen LogP contribution in [0.25, 0.3) is 11.3 Å². The number of phenolic OH excluding ortho intramolecular Hbond substituents is 1. The van der Waals surface area contributed by atoms with Gasteiger partial charge in [0.1, 0.15) is 5.75 Å². The van der Waals surface area contributed by atoms with Crippen LogP contribution in [0, 0.1) is 0 Å². The molecule has 3 aromatic carbocycles. The summed E-state index contributed by atoms with van der Waals surface area (Å²) in [5.74, 6) is 1.10. The lowest BCUT2D eigenvalue weighted by Gasteiger charge is -2.28. The zero-order chi connectivity index (χ0) is 21.2. The summed E-state index contributed by atoms with van der Waals surface area (Å²) in [5, 5.41) is 13.5. The van der Waals surface area contributed by atoms with Gasteiger partial charge in [0, 0.05) is 29.2 Å². The van der Waals surface area contributed by atoms with Gasteiger partial charge in [-0.3, -0.25) is 0 Å². The standard InChI is InChI=1S/C26H22ClN3O/c27-24-8-4-3-6-21(24)23-15-18-16-29-26(28-14-13-17-9-11-19(31)12-10-17)30-25(18)22-7-2-1-5-20(22)23/h1-12,16,23,31H,13-15H2,(H,28,29,30). The molecule has 0 fully saturated rings. The topological polar surface area (TPSA) is 58.0 Å².